The first-order chi connectivity index (χ1) is 7.16. The molecule has 15 heavy (non-hydrogen) atoms. The molecule has 2 rings (SSSR count). The standard InChI is InChI=1S/C12H12ClNO/c1-8(2)15-9-3-4-10-11(13)5-6-14-12(10)7-9/h3-8H,1-2H3. The van der Waals surface area contributed by atoms with E-state index in [4.69, 9.17) is 16.3 Å². The van der Waals surface area contributed by atoms with Crippen LogP contribution in [0.3, 0.4) is 0 Å². The second kappa shape index (κ2) is 4.07. The van der Waals surface area contributed by atoms with Gasteiger partial charge in [-0.05, 0) is 32.0 Å². The van der Waals surface area contributed by atoms with Gasteiger partial charge in [0.1, 0.15) is 5.75 Å². The van der Waals surface area contributed by atoms with Crippen LogP contribution in [0.5, 0.6) is 5.75 Å². The molecular formula is C12H12ClNO. The van der Waals surface area contributed by atoms with Gasteiger partial charge in [-0.3, -0.25) is 4.98 Å². The monoisotopic (exact) mass is 221 g/mol. The number of halogens is 1. The Morgan fingerprint density at radius 3 is 2.80 bits per heavy atom. The Morgan fingerprint density at radius 2 is 2.07 bits per heavy atom. The summed E-state index contributed by atoms with van der Waals surface area (Å²) in [7, 11) is 0. The Morgan fingerprint density at radius 1 is 1.27 bits per heavy atom. The van der Waals surface area contributed by atoms with Crippen LogP contribution in [0.2, 0.25) is 5.02 Å². The number of hydrogen-bond acceptors (Lipinski definition) is 2. The van der Waals surface area contributed by atoms with Crippen molar-refractivity contribution in [3.05, 3.63) is 35.5 Å². The Balaban J connectivity index is 2.48. The highest BCUT2D eigenvalue weighted by Gasteiger charge is 2.02. The van der Waals surface area contributed by atoms with Gasteiger partial charge in [0.05, 0.1) is 16.6 Å². The molecule has 1 aromatic carbocycles. The van der Waals surface area contributed by atoms with E-state index in [1.165, 1.54) is 0 Å². The highest BCUT2D eigenvalue weighted by molar-refractivity contribution is 6.35. The summed E-state index contributed by atoms with van der Waals surface area (Å²) in [6.45, 7) is 3.99. The number of fused-ring (bicyclic) bond motifs is 1. The summed E-state index contributed by atoms with van der Waals surface area (Å²) < 4.78 is 5.58. The fourth-order valence-electron chi connectivity index (χ4n) is 1.44. The minimum atomic E-state index is 0.168. The van der Waals surface area contributed by atoms with Crippen LogP contribution >= 0.6 is 11.6 Å². The van der Waals surface area contributed by atoms with Gasteiger partial charge in [0.2, 0.25) is 0 Å². The van der Waals surface area contributed by atoms with Crippen molar-refractivity contribution < 1.29 is 4.74 Å². The van der Waals surface area contributed by atoms with Crippen molar-refractivity contribution >= 4 is 22.5 Å². The van der Waals surface area contributed by atoms with E-state index in [2.05, 4.69) is 4.98 Å². The molecule has 0 spiro atoms. The predicted molar refractivity (Wildman–Crippen MR) is 62.5 cm³/mol. The van der Waals surface area contributed by atoms with Crippen molar-refractivity contribution in [2.24, 2.45) is 0 Å². The van der Waals surface area contributed by atoms with Gasteiger partial charge >= 0.3 is 0 Å². The molecule has 0 unspecified atom stereocenters. The molecule has 0 amide bonds. The average Bonchev–Trinajstić information content (AvgIpc) is 2.17. The van der Waals surface area contributed by atoms with Crippen LogP contribution in [0.15, 0.2) is 30.5 Å². The maximum Gasteiger partial charge on any atom is 0.121 e. The second-order valence-corrected chi connectivity index (χ2v) is 4.05. The first kappa shape index (κ1) is 10.2. The van der Waals surface area contributed by atoms with E-state index < -0.39 is 0 Å². The summed E-state index contributed by atoms with van der Waals surface area (Å²) in [6, 6.07) is 7.53. The van der Waals surface area contributed by atoms with Gasteiger partial charge in [-0.2, -0.15) is 0 Å². The van der Waals surface area contributed by atoms with Gasteiger partial charge in [-0.25, -0.2) is 0 Å². The summed E-state index contributed by atoms with van der Waals surface area (Å²) in [5.41, 5.74) is 0.862. The Bertz CT molecular complexity index is 482. The van der Waals surface area contributed by atoms with Gasteiger partial charge in [-0.1, -0.05) is 11.6 Å². The largest absolute Gasteiger partial charge is 0.491 e. The quantitative estimate of drug-likeness (QED) is 0.772. The first-order valence-electron chi connectivity index (χ1n) is 4.88. The fourth-order valence-corrected chi connectivity index (χ4v) is 1.65. The lowest BCUT2D eigenvalue weighted by molar-refractivity contribution is 0.242. The molecule has 78 valence electrons. The zero-order valence-corrected chi connectivity index (χ0v) is 9.45. The number of nitrogens with zero attached hydrogens (tertiary/aromatic N) is 1. The van der Waals surface area contributed by atoms with E-state index in [0.29, 0.717) is 0 Å². The van der Waals surface area contributed by atoms with Gasteiger partial charge in [0.15, 0.2) is 0 Å². The SMILES string of the molecule is CC(C)Oc1ccc2c(Cl)ccnc2c1. The Hall–Kier alpha value is -1.28. The first-order valence-corrected chi connectivity index (χ1v) is 5.25. The summed E-state index contributed by atoms with van der Waals surface area (Å²) in [6.07, 6.45) is 1.87. The van der Waals surface area contributed by atoms with E-state index in [1.807, 2.05) is 32.0 Å². The van der Waals surface area contributed by atoms with Crippen LogP contribution < -0.4 is 4.74 Å². The zero-order chi connectivity index (χ0) is 10.8. The van der Waals surface area contributed by atoms with Crippen molar-refractivity contribution in [2.75, 3.05) is 0 Å². The van der Waals surface area contributed by atoms with E-state index in [1.54, 1.807) is 12.3 Å². The van der Waals surface area contributed by atoms with E-state index in [0.717, 1.165) is 21.7 Å². The third kappa shape index (κ3) is 2.21. The molecule has 0 aliphatic carbocycles. The lowest BCUT2D eigenvalue weighted by Crippen LogP contribution is -2.05. The highest BCUT2D eigenvalue weighted by Crippen LogP contribution is 2.25. The molecule has 2 nitrogen and oxygen atoms in total. The number of aromatic nitrogens is 1. The molecule has 0 bridgehead atoms. The molecule has 0 atom stereocenters. The van der Waals surface area contributed by atoms with Crippen molar-refractivity contribution in [3.63, 3.8) is 0 Å². The smallest absolute Gasteiger partial charge is 0.121 e. The van der Waals surface area contributed by atoms with Crippen molar-refractivity contribution in [2.45, 2.75) is 20.0 Å². The highest BCUT2D eigenvalue weighted by atomic mass is 35.5. The van der Waals surface area contributed by atoms with Gasteiger partial charge in [-0.15, -0.1) is 0 Å². The molecule has 1 heterocycles. The molecule has 0 saturated heterocycles. The van der Waals surface area contributed by atoms with Crippen LogP contribution in [0.25, 0.3) is 10.9 Å². The van der Waals surface area contributed by atoms with Gasteiger partial charge < -0.3 is 4.74 Å². The number of pyridine rings is 1. The minimum absolute atomic E-state index is 0.168. The molecule has 0 N–H and O–H groups in total. The third-order valence-corrected chi connectivity index (χ3v) is 2.36. The number of hydrogen-bond donors (Lipinski definition) is 0. The Kier molecular flexibility index (Phi) is 2.78. The van der Waals surface area contributed by atoms with Crippen LogP contribution in [-0.2, 0) is 0 Å². The summed E-state index contributed by atoms with van der Waals surface area (Å²) in [4.78, 5) is 4.25. The second-order valence-electron chi connectivity index (χ2n) is 3.64. The summed E-state index contributed by atoms with van der Waals surface area (Å²) in [5, 5.41) is 1.67. The summed E-state index contributed by atoms with van der Waals surface area (Å²) >= 11 is 6.03. The number of ether oxygens (including phenoxy) is 1. The molecule has 2 aromatic rings. The molecule has 0 saturated carbocycles. The molecular weight excluding hydrogens is 210 g/mol. The van der Waals surface area contributed by atoms with E-state index >= 15 is 0 Å². The van der Waals surface area contributed by atoms with Crippen LogP contribution in [0.1, 0.15) is 13.8 Å². The maximum absolute atomic E-state index is 6.03. The topological polar surface area (TPSA) is 22.1 Å². The molecule has 0 aliphatic heterocycles. The average molecular weight is 222 g/mol. The lowest BCUT2D eigenvalue weighted by atomic mass is 10.2. The van der Waals surface area contributed by atoms with Gasteiger partial charge in [0.25, 0.3) is 0 Å². The van der Waals surface area contributed by atoms with Gasteiger partial charge in [0, 0.05) is 17.6 Å². The van der Waals surface area contributed by atoms with Crippen molar-refractivity contribution in [3.8, 4) is 5.75 Å². The molecule has 0 radical (unpaired) electrons. The van der Waals surface area contributed by atoms with Crippen LogP contribution in [0.4, 0.5) is 0 Å². The fraction of sp³-hybridized carbons (Fsp3) is 0.250. The molecule has 0 fully saturated rings. The molecule has 3 heteroatoms. The number of benzene rings is 1. The van der Waals surface area contributed by atoms with Crippen LogP contribution in [0, 0.1) is 0 Å². The maximum atomic E-state index is 6.03. The minimum Gasteiger partial charge on any atom is -0.491 e. The van der Waals surface area contributed by atoms with E-state index in [-0.39, 0.29) is 6.10 Å². The number of rotatable bonds is 2. The van der Waals surface area contributed by atoms with Crippen LogP contribution in [-0.4, -0.2) is 11.1 Å². The third-order valence-electron chi connectivity index (χ3n) is 2.03. The molecule has 1 aromatic heterocycles. The van der Waals surface area contributed by atoms with Crippen molar-refractivity contribution in [1.82, 2.24) is 4.98 Å². The molecule has 0 aliphatic rings. The normalized spacial score (nSPS) is 10.9. The zero-order valence-electron chi connectivity index (χ0n) is 8.70. The summed E-state index contributed by atoms with van der Waals surface area (Å²) in [5.74, 6) is 0.826. The predicted octanol–water partition coefficient (Wildman–Crippen LogP) is 3.68. The lowest BCUT2D eigenvalue weighted by Gasteiger charge is -2.10. The Labute approximate surface area is 93.8 Å². The van der Waals surface area contributed by atoms with E-state index in [9.17, 15) is 0 Å². The van der Waals surface area contributed by atoms with Crippen molar-refractivity contribution in [1.29, 1.82) is 0 Å².